The lowest BCUT2D eigenvalue weighted by Crippen LogP contribution is -3.12. The Hall–Kier alpha value is -2.12. The molecular weight excluding hydrogens is 272 g/mol. The summed E-state index contributed by atoms with van der Waals surface area (Å²) in [6, 6.07) is 6.61. The van der Waals surface area contributed by atoms with Crippen LogP contribution in [0, 0.1) is 0 Å². The number of likely N-dealkylation sites (N-methyl/N-ethyl adjacent to an activating group) is 1. The minimum absolute atomic E-state index is 0.149. The Bertz CT molecular complexity index is 513. The maximum atomic E-state index is 11.8. The fraction of sp³-hybridized carbons (Fsp3) is 0.429. The van der Waals surface area contributed by atoms with E-state index in [1.54, 1.807) is 24.3 Å². The summed E-state index contributed by atoms with van der Waals surface area (Å²) >= 11 is 0. The third kappa shape index (κ3) is 4.44. The van der Waals surface area contributed by atoms with Gasteiger partial charge in [0.05, 0.1) is 38.8 Å². The van der Waals surface area contributed by atoms with Gasteiger partial charge in [0, 0.05) is 0 Å². The molecule has 0 radical (unpaired) electrons. The van der Waals surface area contributed by atoms with E-state index in [9.17, 15) is 9.59 Å². The van der Waals surface area contributed by atoms with Crippen LogP contribution >= 0.6 is 0 Å². The molecule has 21 heavy (non-hydrogen) atoms. The summed E-state index contributed by atoms with van der Waals surface area (Å²) in [6.07, 6.45) is 0. The van der Waals surface area contributed by atoms with Crippen molar-refractivity contribution in [3.05, 3.63) is 29.8 Å². The van der Waals surface area contributed by atoms with Crippen LogP contribution < -0.4 is 20.8 Å². The molecule has 1 saturated heterocycles. The predicted molar refractivity (Wildman–Crippen MR) is 76.8 cm³/mol. The molecule has 4 N–H and O–H groups in total. The second-order valence-corrected chi connectivity index (χ2v) is 5.13. The van der Waals surface area contributed by atoms with Gasteiger partial charge in [0.25, 0.3) is 11.8 Å². The molecule has 0 spiro atoms. The van der Waals surface area contributed by atoms with Crippen molar-refractivity contribution in [2.45, 2.75) is 0 Å². The number of rotatable bonds is 5. The van der Waals surface area contributed by atoms with Gasteiger partial charge in [-0.2, -0.15) is 0 Å². The normalized spacial score (nSPS) is 16.4. The number of ether oxygens (including phenoxy) is 1. The number of hydrogen-bond acceptors (Lipinski definition) is 4. The second kappa shape index (κ2) is 7.05. The van der Waals surface area contributed by atoms with Gasteiger partial charge in [-0.3, -0.25) is 15.0 Å². The summed E-state index contributed by atoms with van der Waals surface area (Å²) in [5.74, 6) is -0.496. The van der Waals surface area contributed by atoms with E-state index in [1.165, 1.54) is 4.90 Å². The minimum atomic E-state index is -0.576. The van der Waals surface area contributed by atoms with Crippen molar-refractivity contribution in [2.75, 3.05) is 39.8 Å². The molecule has 0 bridgehead atoms. The van der Waals surface area contributed by atoms with E-state index in [-0.39, 0.29) is 18.1 Å². The molecule has 2 rings (SSSR count). The van der Waals surface area contributed by atoms with Crippen LogP contribution in [0.5, 0.6) is 5.75 Å². The zero-order valence-electron chi connectivity index (χ0n) is 12.1. The van der Waals surface area contributed by atoms with Gasteiger partial charge in [-0.25, -0.2) is 5.01 Å². The lowest BCUT2D eigenvalue weighted by molar-refractivity contribution is -0.884. The lowest BCUT2D eigenvalue weighted by Gasteiger charge is -2.30. The highest BCUT2D eigenvalue weighted by molar-refractivity contribution is 5.95. The van der Waals surface area contributed by atoms with Crippen molar-refractivity contribution in [1.82, 2.24) is 10.4 Å². The number of hydrogen-bond donors (Lipinski definition) is 3. The van der Waals surface area contributed by atoms with Gasteiger partial charge < -0.3 is 15.4 Å². The van der Waals surface area contributed by atoms with Gasteiger partial charge in [-0.15, -0.1) is 0 Å². The molecule has 0 atom stereocenters. The molecule has 1 aliphatic heterocycles. The number of nitrogens with one attached hydrogen (secondary N) is 2. The number of amides is 2. The number of quaternary nitrogens is 1. The van der Waals surface area contributed by atoms with Crippen molar-refractivity contribution in [2.24, 2.45) is 5.73 Å². The zero-order chi connectivity index (χ0) is 15.2. The molecular formula is C14H21N4O3+. The molecule has 0 aliphatic carbocycles. The third-order valence-electron chi connectivity index (χ3n) is 3.41. The van der Waals surface area contributed by atoms with E-state index in [4.69, 9.17) is 10.5 Å². The van der Waals surface area contributed by atoms with E-state index >= 15 is 0 Å². The van der Waals surface area contributed by atoms with E-state index in [0.29, 0.717) is 5.75 Å². The van der Waals surface area contributed by atoms with Crippen LogP contribution in [0.2, 0.25) is 0 Å². The number of primary amides is 1. The van der Waals surface area contributed by atoms with Gasteiger partial charge in [0.15, 0.2) is 6.61 Å². The monoisotopic (exact) mass is 293 g/mol. The highest BCUT2D eigenvalue weighted by atomic mass is 16.5. The molecule has 1 fully saturated rings. The first-order valence-corrected chi connectivity index (χ1v) is 6.93. The number of carbonyl (C=O) groups is 2. The molecule has 7 nitrogen and oxygen atoms in total. The van der Waals surface area contributed by atoms with Gasteiger partial charge in [-0.1, -0.05) is 12.1 Å². The summed E-state index contributed by atoms with van der Waals surface area (Å²) < 4.78 is 5.38. The molecule has 1 aromatic rings. The minimum Gasteiger partial charge on any atom is -0.483 e. The van der Waals surface area contributed by atoms with Crippen LogP contribution in [-0.4, -0.2) is 56.7 Å². The smallest absolute Gasteiger partial charge is 0.272 e. The second-order valence-electron chi connectivity index (χ2n) is 5.13. The van der Waals surface area contributed by atoms with Crippen LogP contribution in [0.25, 0.3) is 0 Å². The first-order chi connectivity index (χ1) is 10.1. The number of nitrogens with zero attached hydrogens (tertiary/aromatic N) is 1. The molecule has 1 aromatic carbocycles. The Morgan fingerprint density at radius 1 is 1.33 bits per heavy atom. The number of benzene rings is 1. The average Bonchev–Trinajstić information content (AvgIpc) is 2.48. The molecule has 114 valence electrons. The number of nitrogens with two attached hydrogens (primary N) is 1. The zero-order valence-corrected chi connectivity index (χ0v) is 12.1. The SMILES string of the molecule is C[NH+]1CCN(NC(=O)COc2ccccc2C(N)=O)CC1. The van der Waals surface area contributed by atoms with Crippen molar-refractivity contribution >= 4 is 11.8 Å². The fourth-order valence-corrected chi connectivity index (χ4v) is 2.15. The molecule has 0 aromatic heterocycles. The van der Waals surface area contributed by atoms with E-state index in [1.807, 2.05) is 5.01 Å². The number of para-hydroxylation sites is 1. The summed E-state index contributed by atoms with van der Waals surface area (Å²) in [6.45, 7) is 3.46. The van der Waals surface area contributed by atoms with Crippen LogP contribution in [-0.2, 0) is 4.79 Å². The number of piperazine rings is 1. The van der Waals surface area contributed by atoms with Gasteiger partial charge >= 0.3 is 0 Å². The predicted octanol–water partition coefficient (Wildman–Crippen LogP) is -1.97. The van der Waals surface area contributed by atoms with E-state index in [0.717, 1.165) is 26.2 Å². The molecule has 7 heteroatoms. The fourth-order valence-electron chi connectivity index (χ4n) is 2.15. The summed E-state index contributed by atoms with van der Waals surface area (Å²) in [5, 5.41) is 1.89. The molecule has 1 aliphatic rings. The largest absolute Gasteiger partial charge is 0.483 e. The topological polar surface area (TPSA) is 89.1 Å². The summed E-state index contributed by atoms with van der Waals surface area (Å²) in [4.78, 5) is 24.5. The Morgan fingerprint density at radius 2 is 2.00 bits per heavy atom. The van der Waals surface area contributed by atoms with E-state index < -0.39 is 5.91 Å². The van der Waals surface area contributed by atoms with Crippen molar-refractivity contribution in [3.63, 3.8) is 0 Å². The molecule has 1 heterocycles. The lowest BCUT2D eigenvalue weighted by atomic mass is 10.2. The highest BCUT2D eigenvalue weighted by Gasteiger charge is 2.18. The van der Waals surface area contributed by atoms with Gasteiger partial charge in [0.2, 0.25) is 0 Å². The third-order valence-corrected chi connectivity index (χ3v) is 3.41. The molecule has 0 unspecified atom stereocenters. The Morgan fingerprint density at radius 3 is 2.67 bits per heavy atom. The van der Waals surface area contributed by atoms with E-state index in [2.05, 4.69) is 12.5 Å². The van der Waals surface area contributed by atoms with Crippen molar-refractivity contribution in [1.29, 1.82) is 0 Å². The first-order valence-electron chi connectivity index (χ1n) is 6.93. The quantitative estimate of drug-likeness (QED) is 0.587. The van der Waals surface area contributed by atoms with Crippen LogP contribution in [0.15, 0.2) is 24.3 Å². The van der Waals surface area contributed by atoms with Crippen LogP contribution in [0.1, 0.15) is 10.4 Å². The van der Waals surface area contributed by atoms with Crippen LogP contribution in [0.3, 0.4) is 0 Å². The Labute approximate surface area is 123 Å². The standard InChI is InChI=1S/C14H20N4O3/c1-17-6-8-18(9-7-17)16-13(19)10-21-12-5-3-2-4-11(12)14(15)20/h2-5H,6-10H2,1H3,(H2,15,20)(H,16,19)/p+1. The van der Waals surface area contributed by atoms with Gasteiger partial charge in [0.1, 0.15) is 5.75 Å². The highest BCUT2D eigenvalue weighted by Crippen LogP contribution is 2.16. The summed E-state index contributed by atoms with van der Waals surface area (Å²) in [7, 11) is 2.13. The number of carbonyl (C=O) groups excluding carboxylic acids is 2. The molecule has 0 saturated carbocycles. The Balaban J connectivity index is 1.83. The van der Waals surface area contributed by atoms with Gasteiger partial charge in [-0.05, 0) is 12.1 Å². The first kappa shape index (κ1) is 15.3. The number of hydrazine groups is 1. The maximum absolute atomic E-state index is 11.8. The molecule has 2 amide bonds. The Kier molecular flexibility index (Phi) is 5.13. The summed E-state index contributed by atoms with van der Waals surface area (Å²) in [5.41, 5.74) is 8.32. The van der Waals surface area contributed by atoms with Crippen molar-refractivity contribution in [3.8, 4) is 5.75 Å². The average molecular weight is 293 g/mol. The van der Waals surface area contributed by atoms with Crippen LogP contribution in [0.4, 0.5) is 0 Å². The maximum Gasteiger partial charge on any atom is 0.272 e. The van der Waals surface area contributed by atoms with Crippen molar-refractivity contribution < 1.29 is 19.2 Å².